The second-order valence-corrected chi connectivity index (χ2v) is 4.52. The summed E-state index contributed by atoms with van der Waals surface area (Å²) in [5.41, 5.74) is 0.537. The van der Waals surface area contributed by atoms with E-state index >= 15 is 0 Å². The van der Waals surface area contributed by atoms with Gasteiger partial charge in [-0.1, -0.05) is 29.8 Å². The van der Waals surface area contributed by atoms with Crippen molar-refractivity contribution in [1.82, 2.24) is 0 Å². The predicted octanol–water partition coefficient (Wildman–Crippen LogP) is 5.35. The lowest BCUT2D eigenvalue weighted by atomic mass is 10.2. The number of alkyl halides is 1. The maximum atomic E-state index is 12.6. The van der Waals surface area contributed by atoms with Crippen molar-refractivity contribution in [1.29, 1.82) is 0 Å². The molecule has 3 aromatic rings. The lowest BCUT2D eigenvalue weighted by Crippen LogP contribution is -1.84. The molecule has 4 heteroatoms. The third-order valence-corrected chi connectivity index (χ3v) is 2.95. The van der Waals surface area contributed by atoms with Crippen LogP contribution in [0.15, 0.2) is 52.9 Å². The van der Waals surface area contributed by atoms with Crippen LogP contribution in [0.1, 0.15) is 5.76 Å². The highest BCUT2D eigenvalue weighted by molar-refractivity contribution is 6.30. The van der Waals surface area contributed by atoms with E-state index in [2.05, 4.69) is 0 Å². The highest BCUT2D eigenvalue weighted by atomic mass is 35.5. The van der Waals surface area contributed by atoms with Crippen molar-refractivity contribution in [3.8, 4) is 11.5 Å². The number of benzene rings is 2. The summed E-state index contributed by atoms with van der Waals surface area (Å²) >= 11 is 5.90. The Morgan fingerprint density at radius 1 is 1.11 bits per heavy atom. The number of furan rings is 1. The maximum absolute atomic E-state index is 12.6. The van der Waals surface area contributed by atoms with Gasteiger partial charge in [0.1, 0.15) is 18.2 Å². The Morgan fingerprint density at radius 2 is 1.95 bits per heavy atom. The molecule has 2 aromatic carbocycles. The van der Waals surface area contributed by atoms with E-state index < -0.39 is 6.67 Å². The van der Waals surface area contributed by atoms with E-state index in [1.165, 1.54) is 0 Å². The van der Waals surface area contributed by atoms with Gasteiger partial charge in [0, 0.05) is 10.4 Å². The molecular weight excluding hydrogens is 267 g/mol. The Bertz CT molecular complexity index is 721. The van der Waals surface area contributed by atoms with Crippen LogP contribution in [0.4, 0.5) is 4.39 Å². The van der Waals surface area contributed by atoms with Crippen LogP contribution in [0.25, 0.3) is 11.0 Å². The lowest BCUT2D eigenvalue weighted by Gasteiger charge is -2.06. The molecule has 96 valence electrons. The van der Waals surface area contributed by atoms with Crippen LogP contribution in [-0.4, -0.2) is 0 Å². The van der Waals surface area contributed by atoms with Crippen LogP contribution in [0.5, 0.6) is 11.5 Å². The highest BCUT2D eigenvalue weighted by Gasteiger charge is 2.10. The standard InChI is InChI=1S/C15H10ClFO2/c16-11-4-2-5-12(8-11)18-14-6-1-3-10-7-13(9-17)19-15(10)14/h1-8H,9H2. The fourth-order valence-electron chi connectivity index (χ4n) is 1.89. The van der Waals surface area contributed by atoms with Crippen molar-refractivity contribution in [2.75, 3.05) is 0 Å². The summed E-state index contributed by atoms with van der Waals surface area (Å²) < 4.78 is 23.8. The summed E-state index contributed by atoms with van der Waals surface area (Å²) in [5.74, 6) is 1.44. The Hall–Kier alpha value is -2.00. The molecule has 3 rings (SSSR count). The third-order valence-electron chi connectivity index (χ3n) is 2.71. The quantitative estimate of drug-likeness (QED) is 0.643. The minimum atomic E-state index is -0.634. The van der Waals surface area contributed by atoms with Crippen LogP contribution in [-0.2, 0) is 6.67 Å². The first-order valence-corrected chi connectivity index (χ1v) is 6.15. The number of halogens is 2. The average molecular weight is 277 g/mol. The van der Waals surface area contributed by atoms with Gasteiger partial charge in [0.05, 0.1) is 0 Å². The van der Waals surface area contributed by atoms with Gasteiger partial charge in [-0.15, -0.1) is 0 Å². The van der Waals surface area contributed by atoms with Crippen LogP contribution >= 0.6 is 11.6 Å². The van der Waals surface area contributed by atoms with Gasteiger partial charge in [0.2, 0.25) is 0 Å². The molecule has 0 bridgehead atoms. The van der Waals surface area contributed by atoms with Gasteiger partial charge in [-0.05, 0) is 30.3 Å². The van der Waals surface area contributed by atoms with Gasteiger partial charge in [-0.25, -0.2) is 4.39 Å². The van der Waals surface area contributed by atoms with Crippen molar-refractivity contribution in [3.05, 3.63) is 59.3 Å². The van der Waals surface area contributed by atoms with E-state index in [-0.39, 0.29) is 5.76 Å². The third kappa shape index (κ3) is 2.42. The Labute approximate surface area is 114 Å². The molecule has 1 heterocycles. The summed E-state index contributed by atoms with van der Waals surface area (Å²) in [6.07, 6.45) is 0. The van der Waals surface area contributed by atoms with E-state index in [1.54, 1.807) is 36.4 Å². The van der Waals surface area contributed by atoms with Gasteiger partial charge in [-0.3, -0.25) is 0 Å². The second-order valence-electron chi connectivity index (χ2n) is 4.08. The molecule has 0 spiro atoms. The largest absolute Gasteiger partial charge is 0.454 e. The summed E-state index contributed by atoms with van der Waals surface area (Å²) in [5, 5.41) is 1.40. The molecule has 0 unspecified atom stereocenters. The molecule has 2 nitrogen and oxygen atoms in total. The number of hydrogen-bond donors (Lipinski definition) is 0. The van der Waals surface area contributed by atoms with Crippen molar-refractivity contribution < 1.29 is 13.5 Å². The highest BCUT2D eigenvalue weighted by Crippen LogP contribution is 2.33. The van der Waals surface area contributed by atoms with Gasteiger partial charge in [0.25, 0.3) is 0 Å². The monoisotopic (exact) mass is 276 g/mol. The molecule has 0 saturated heterocycles. The fourth-order valence-corrected chi connectivity index (χ4v) is 2.07. The van der Waals surface area contributed by atoms with Crippen LogP contribution in [0.3, 0.4) is 0 Å². The molecule has 1 aromatic heterocycles. The first-order chi connectivity index (χ1) is 9.26. The van der Waals surface area contributed by atoms with Crippen LogP contribution < -0.4 is 4.74 Å². The van der Waals surface area contributed by atoms with Crippen LogP contribution in [0.2, 0.25) is 5.02 Å². The van der Waals surface area contributed by atoms with E-state index in [0.29, 0.717) is 22.1 Å². The molecule has 0 aliphatic carbocycles. The summed E-state index contributed by atoms with van der Waals surface area (Å²) in [7, 11) is 0. The number of para-hydroxylation sites is 1. The smallest absolute Gasteiger partial charge is 0.176 e. The molecular formula is C15H10ClFO2. The molecule has 0 N–H and O–H groups in total. The first-order valence-electron chi connectivity index (χ1n) is 5.77. The minimum absolute atomic E-state index is 0.289. The molecule has 0 saturated carbocycles. The number of rotatable bonds is 3. The van der Waals surface area contributed by atoms with Crippen molar-refractivity contribution in [2.24, 2.45) is 0 Å². The Kier molecular flexibility index (Phi) is 3.13. The zero-order valence-corrected chi connectivity index (χ0v) is 10.7. The average Bonchev–Trinajstić information content (AvgIpc) is 2.83. The summed E-state index contributed by atoms with van der Waals surface area (Å²) in [6, 6.07) is 14.2. The van der Waals surface area contributed by atoms with E-state index in [4.69, 9.17) is 20.8 Å². The van der Waals surface area contributed by atoms with Crippen LogP contribution in [0, 0.1) is 0 Å². The zero-order chi connectivity index (χ0) is 13.2. The molecule has 0 radical (unpaired) electrons. The SMILES string of the molecule is FCc1cc2cccc(Oc3cccc(Cl)c3)c2o1. The molecule has 19 heavy (non-hydrogen) atoms. The molecule has 0 amide bonds. The minimum Gasteiger partial charge on any atom is -0.454 e. The maximum Gasteiger partial charge on any atom is 0.176 e. The van der Waals surface area contributed by atoms with E-state index in [1.807, 2.05) is 12.1 Å². The van der Waals surface area contributed by atoms with Gasteiger partial charge < -0.3 is 9.15 Å². The summed E-state index contributed by atoms with van der Waals surface area (Å²) in [6.45, 7) is -0.634. The molecule has 0 atom stereocenters. The Morgan fingerprint density at radius 3 is 2.74 bits per heavy atom. The van der Waals surface area contributed by atoms with Gasteiger partial charge in [-0.2, -0.15) is 0 Å². The number of fused-ring (bicyclic) bond motifs is 1. The summed E-state index contributed by atoms with van der Waals surface area (Å²) in [4.78, 5) is 0. The van der Waals surface area contributed by atoms with Crippen molar-refractivity contribution in [3.63, 3.8) is 0 Å². The topological polar surface area (TPSA) is 22.4 Å². The molecule has 0 aliphatic rings. The predicted molar refractivity (Wildman–Crippen MR) is 72.6 cm³/mol. The fraction of sp³-hybridized carbons (Fsp3) is 0.0667. The normalized spacial score (nSPS) is 10.8. The van der Waals surface area contributed by atoms with Crippen molar-refractivity contribution >= 4 is 22.6 Å². The van der Waals surface area contributed by atoms with E-state index in [9.17, 15) is 4.39 Å². The van der Waals surface area contributed by atoms with Gasteiger partial charge >= 0.3 is 0 Å². The van der Waals surface area contributed by atoms with E-state index in [0.717, 1.165) is 5.39 Å². The molecule has 0 aliphatic heterocycles. The Balaban J connectivity index is 2.02. The van der Waals surface area contributed by atoms with Gasteiger partial charge in [0.15, 0.2) is 11.3 Å². The number of hydrogen-bond acceptors (Lipinski definition) is 2. The van der Waals surface area contributed by atoms with Crippen molar-refractivity contribution in [2.45, 2.75) is 6.67 Å². The lowest BCUT2D eigenvalue weighted by molar-refractivity contribution is 0.400. The molecule has 0 fully saturated rings. The second kappa shape index (κ2) is 4.94. The first kappa shape index (κ1) is 12.1. The zero-order valence-electron chi connectivity index (χ0n) is 9.90. The number of ether oxygens (including phenoxy) is 1.